The molecule has 0 radical (unpaired) electrons. The van der Waals surface area contributed by atoms with Gasteiger partial charge in [0.2, 0.25) is 5.91 Å². The van der Waals surface area contributed by atoms with Gasteiger partial charge in [-0.1, -0.05) is 13.8 Å². The Hall–Kier alpha value is -2.23. The Morgan fingerprint density at radius 1 is 1.18 bits per heavy atom. The van der Waals surface area contributed by atoms with Crippen molar-refractivity contribution in [1.82, 2.24) is 29.8 Å². The van der Waals surface area contributed by atoms with E-state index in [1.807, 2.05) is 14.1 Å². The number of hydrogen-bond donors (Lipinski definition) is 1. The number of fused-ring (bicyclic) bond motifs is 1. The van der Waals surface area contributed by atoms with E-state index in [0.29, 0.717) is 29.9 Å². The van der Waals surface area contributed by atoms with E-state index >= 15 is 0 Å². The number of aromatic nitrogens is 4. The second kappa shape index (κ2) is 8.02. The third-order valence-electron chi connectivity index (χ3n) is 4.41. The molecule has 10 heteroatoms. The minimum Gasteiger partial charge on any atom is -0.356 e. The van der Waals surface area contributed by atoms with Crippen LogP contribution in [0.15, 0.2) is 0 Å². The number of alkyl halides is 3. The van der Waals surface area contributed by atoms with E-state index in [0.717, 1.165) is 11.1 Å². The molecule has 1 N–H and O–H groups in total. The molecule has 0 spiro atoms. The van der Waals surface area contributed by atoms with E-state index < -0.39 is 12.0 Å². The number of hydrogen-bond acceptors (Lipinski definition) is 5. The normalized spacial score (nSPS) is 12.8. The van der Waals surface area contributed by atoms with Gasteiger partial charge in [0.05, 0.1) is 0 Å². The van der Waals surface area contributed by atoms with Crippen molar-refractivity contribution in [2.75, 3.05) is 27.2 Å². The molecule has 0 aliphatic rings. The molecule has 0 atom stereocenters. The Balaban J connectivity index is 2.09. The number of nitrogens with one attached hydrogen (secondary N) is 1. The molecule has 2 aromatic heterocycles. The van der Waals surface area contributed by atoms with Crippen LogP contribution in [0.4, 0.5) is 13.2 Å². The zero-order chi connectivity index (χ0) is 21.3. The molecule has 0 aromatic carbocycles. The van der Waals surface area contributed by atoms with Gasteiger partial charge in [0.1, 0.15) is 0 Å². The minimum atomic E-state index is -4.63. The first kappa shape index (κ1) is 22.1. The lowest BCUT2D eigenvalue weighted by atomic mass is 9.93. The molecule has 28 heavy (non-hydrogen) atoms. The molecule has 7 nitrogen and oxygen atoms in total. The van der Waals surface area contributed by atoms with Crippen molar-refractivity contribution in [3.8, 4) is 0 Å². The third kappa shape index (κ3) is 5.40. The summed E-state index contributed by atoms with van der Waals surface area (Å²) in [5.74, 6) is -1.43. The predicted molar refractivity (Wildman–Crippen MR) is 98.9 cm³/mol. The molecule has 1 amide bonds. The number of nitrogens with zero attached hydrogens (tertiary/aromatic N) is 5. The molecule has 0 aliphatic heterocycles. The molecular weight excluding hydrogens is 373 g/mol. The fourth-order valence-corrected chi connectivity index (χ4v) is 3.27. The van der Waals surface area contributed by atoms with Crippen LogP contribution >= 0.6 is 0 Å². The highest BCUT2D eigenvalue weighted by Crippen LogP contribution is 2.27. The second-order valence-electron chi connectivity index (χ2n) is 8.08. The Bertz CT molecular complexity index is 857. The number of amides is 1. The van der Waals surface area contributed by atoms with Gasteiger partial charge in [0, 0.05) is 30.9 Å². The summed E-state index contributed by atoms with van der Waals surface area (Å²) in [6.45, 7) is 8.87. The van der Waals surface area contributed by atoms with Gasteiger partial charge in [-0.05, 0) is 45.3 Å². The van der Waals surface area contributed by atoms with Crippen LogP contribution in [0.2, 0.25) is 0 Å². The van der Waals surface area contributed by atoms with Crippen LogP contribution in [0.5, 0.6) is 0 Å². The summed E-state index contributed by atoms with van der Waals surface area (Å²) < 4.78 is 39.6. The lowest BCUT2D eigenvalue weighted by Crippen LogP contribution is -2.40. The minimum absolute atomic E-state index is 0.0693. The average Bonchev–Trinajstić information content (AvgIpc) is 2.96. The summed E-state index contributed by atoms with van der Waals surface area (Å²) in [5.41, 5.74) is 1.69. The Morgan fingerprint density at radius 3 is 2.39 bits per heavy atom. The number of halogens is 3. The molecule has 0 unspecified atom stereocenters. The first-order valence-corrected chi connectivity index (χ1v) is 9.01. The summed E-state index contributed by atoms with van der Waals surface area (Å²) in [6, 6.07) is 0. The smallest absolute Gasteiger partial charge is 0.356 e. The first-order chi connectivity index (χ1) is 12.8. The molecule has 156 valence electrons. The molecule has 0 aliphatic carbocycles. The van der Waals surface area contributed by atoms with Crippen LogP contribution in [0.1, 0.15) is 43.0 Å². The van der Waals surface area contributed by atoms with Crippen LogP contribution in [0, 0.1) is 19.3 Å². The van der Waals surface area contributed by atoms with Gasteiger partial charge >= 0.3 is 6.18 Å². The summed E-state index contributed by atoms with van der Waals surface area (Å²) in [4.78, 5) is 21.9. The maximum absolute atomic E-state index is 12.9. The predicted octanol–water partition coefficient (Wildman–Crippen LogP) is 2.40. The maximum atomic E-state index is 12.9. The molecule has 2 heterocycles. The van der Waals surface area contributed by atoms with Crippen molar-refractivity contribution in [2.24, 2.45) is 5.41 Å². The van der Waals surface area contributed by atoms with Gasteiger partial charge in [0.15, 0.2) is 0 Å². The highest BCUT2D eigenvalue weighted by molar-refractivity contribution is 5.76. The van der Waals surface area contributed by atoms with Crippen LogP contribution in [-0.4, -0.2) is 57.6 Å². The van der Waals surface area contributed by atoms with Gasteiger partial charge in [-0.2, -0.15) is 18.2 Å². The SMILES string of the molecule is Cc1nc2nc(C(F)(F)F)nn2c(C)c1CCC(=O)NCC(C)(C)CN(C)C. The van der Waals surface area contributed by atoms with E-state index in [4.69, 9.17) is 0 Å². The molecule has 0 bridgehead atoms. The van der Waals surface area contributed by atoms with Gasteiger partial charge in [0.25, 0.3) is 11.6 Å². The number of carbonyl (C=O) groups excluding carboxylic acids is 1. The van der Waals surface area contributed by atoms with E-state index in [2.05, 4.69) is 39.1 Å². The van der Waals surface area contributed by atoms with Crippen molar-refractivity contribution >= 4 is 11.7 Å². The van der Waals surface area contributed by atoms with Crippen LogP contribution < -0.4 is 5.32 Å². The molecule has 0 saturated carbocycles. The van der Waals surface area contributed by atoms with E-state index in [-0.39, 0.29) is 23.5 Å². The van der Waals surface area contributed by atoms with Gasteiger partial charge in [-0.3, -0.25) is 4.79 Å². The third-order valence-corrected chi connectivity index (χ3v) is 4.41. The fourth-order valence-electron chi connectivity index (χ4n) is 3.27. The molecule has 0 fully saturated rings. The van der Waals surface area contributed by atoms with E-state index in [1.54, 1.807) is 13.8 Å². The topological polar surface area (TPSA) is 75.4 Å². The van der Waals surface area contributed by atoms with Crippen LogP contribution in [-0.2, 0) is 17.4 Å². The van der Waals surface area contributed by atoms with Gasteiger partial charge in [-0.25, -0.2) is 9.50 Å². The zero-order valence-electron chi connectivity index (χ0n) is 17.1. The average molecular weight is 400 g/mol. The molecule has 0 saturated heterocycles. The van der Waals surface area contributed by atoms with Gasteiger partial charge < -0.3 is 10.2 Å². The van der Waals surface area contributed by atoms with Crippen LogP contribution in [0.3, 0.4) is 0 Å². The highest BCUT2D eigenvalue weighted by atomic mass is 19.4. The monoisotopic (exact) mass is 400 g/mol. The summed E-state index contributed by atoms with van der Waals surface area (Å²) >= 11 is 0. The lowest BCUT2D eigenvalue weighted by molar-refractivity contribution is -0.144. The Labute approximate surface area is 162 Å². The van der Waals surface area contributed by atoms with Crippen LogP contribution in [0.25, 0.3) is 5.78 Å². The number of aryl methyl sites for hydroxylation is 2. The molecule has 2 aromatic rings. The largest absolute Gasteiger partial charge is 0.453 e. The second-order valence-corrected chi connectivity index (χ2v) is 8.08. The summed E-state index contributed by atoms with van der Waals surface area (Å²) in [5, 5.41) is 6.45. The standard InChI is InChI=1S/C18H27F3N6O/c1-11-13(7-8-14(28)22-9-17(3,4)10-26(5)6)12(2)27-16(23-11)24-15(25-27)18(19,20)21/h7-10H2,1-6H3,(H,22,28). The number of rotatable bonds is 7. The summed E-state index contributed by atoms with van der Waals surface area (Å²) in [6.07, 6.45) is -4.05. The molecule has 2 rings (SSSR count). The van der Waals surface area contributed by atoms with Gasteiger partial charge in [-0.15, -0.1) is 5.10 Å². The zero-order valence-corrected chi connectivity index (χ0v) is 17.1. The first-order valence-electron chi connectivity index (χ1n) is 9.01. The quantitative estimate of drug-likeness (QED) is 0.773. The van der Waals surface area contributed by atoms with Crippen molar-refractivity contribution in [3.05, 3.63) is 22.8 Å². The van der Waals surface area contributed by atoms with E-state index in [9.17, 15) is 18.0 Å². The van der Waals surface area contributed by atoms with Crippen molar-refractivity contribution in [1.29, 1.82) is 0 Å². The van der Waals surface area contributed by atoms with Crippen molar-refractivity contribution < 1.29 is 18.0 Å². The fraction of sp³-hybridized carbons (Fsp3) is 0.667. The summed E-state index contributed by atoms with van der Waals surface area (Å²) in [7, 11) is 3.96. The van der Waals surface area contributed by atoms with E-state index in [1.165, 1.54) is 0 Å². The highest BCUT2D eigenvalue weighted by Gasteiger charge is 2.37. The molecular formula is C18H27F3N6O. The number of carbonyl (C=O) groups is 1. The maximum Gasteiger partial charge on any atom is 0.453 e. The van der Waals surface area contributed by atoms with Crippen molar-refractivity contribution in [2.45, 2.75) is 46.7 Å². The Morgan fingerprint density at radius 2 is 1.82 bits per heavy atom. The lowest BCUT2D eigenvalue weighted by Gasteiger charge is -2.28. The Kier molecular flexibility index (Phi) is 6.32. The van der Waals surface area contributed by atoms with Crippen molar-refractivity contribution in [3.63, 3.8) is 0 Å².